The van der Waals surface area contributed by atoms with Crippen LogP contribution in [0.2, 0.25) is 0 Å². The van der Waals surface area contributed by atoms with E-state index in [0.29, 0.717) is 18.0 Å². The zero-order valence-corrected chi connectivity index (χ0v) is 11.7. The Hall–Kier alpha value is -1.62. The van der Waals surface area contributed by atoms with Gasteiger partial charge in [-0.3, -0.25) is 4.98 Å². The zero-order valence-electron chi connectivity index (χ0n) is 11.7. The Balaban J connectivity index is 1.36. The first-order chi connectivity index (χ1) is 9.78. The van der Waals surface area contributed by atoms with E-state index in [1.807, 2.05) is 18.2 Å². The van der Waals surface area contributed by atoms with Crippen LogP contribution >= 0.6 is 0 Å². The molecule has 20 heavy (non-hydrogen) atoms. The first kappa shape index (κ1) is 13.4. The summed E-state index contributed by atoms with van der Waals surface area (Å²) in [6.45, 7) is 2.79. The van der Waals surface area contributed by atoms with Gasteiger partial charge in [-0.2, -0.15) is 0 Å². The van der Waals surface area contributed by atoms with Crippen LogP contribution in [-0.2, 0) is 6.42 Å². The van der Waals surface area contributed by atoms with Crippen LogP contribution in [0.3, 0.4) is 0 Å². The molecule has 5 nitrogen and oxygen atoms in total. The van der Waals surface area contributed by atoms with E-state index < -0.39 is 0 Å². The summed E-state index contributed by atoms with van der Waals surface area (Å²) >= 11 is 0. The molecular weight excluding hydrogens is 252 g/mol. The summed E-state index contributed by atoms with van der Waals surface area (Å²) in [5, 5.41) is 9.39. The molecule has 1 aliphatic carbocycles. The van der Waals surface area contributed by atoms with Crippen LogP contribution in [0.4, 0.5) is 4.79 Å². The van der Waals surface area contributed by atoms with Crippen molar-refractivity contribution < 1.29 is 4.79 Å². The van der Waals surface area contributed by atoms with Gasteiger partial charge >= 0.3 is 6.03 Å². The predicted molar refractivity (Wildman–Crippen MR) is 77.4 cm³/mol. The molecule has 2 aliphatic rings. The molecule has 0 radical (unpaired) electrons. The summed E-state index contributed by atoms with van der Waals surface area (Å²) in [7, 11) is 0. The van der Waals surface area contributed by atoms with E-state index in [-0.39, 0.29) is 6.03 Å². The molecule has 5 heteroatoms. The first-order valence-corrected chi connectivity index (χ1v) is 7.44. The highest BCUT2D eigenvalue weighted by atomic mass is 16.2. The number of nitrogens with one attached hydrogen (secondary N) is 3. The molecule has 1 saturated carbocycles. The summed E-state index contributed by atoms with van der Waals surface area (Å²) in [6, 6.07) is 6.17. The van der Waals surface area contributed by atoms with Gasteiger partial charge in [0.05, 0.1) is 0 Å². The van der Waals surface area contributed by atoms with Gasteiger partial charge in [0.2, 0.25) is 0 Å². The van der Waals surface area contributed by atoms with Crippen molar-refractivity contribution in [2.75, 3.05) is 19.6 Å². The van der Waals surface area contributed by atoms with Crippen LogP contribution in [0.5, 0.6) is 0 Å². The molecule has 1 atom stereocenters. The highest BCUT2D eigenvalue weighted by Crippen LogP contribution is 2.52. The van der Waals surface area contributed by atoms with E-state index in [4.69, 9.17) is 0 Å². The minimum Gasteiger partial charge on any atom is -0.338 e. The monoisotopic (exact) mass is 274 g/mol. The third-order valence-corrected chi connectivity index (χ3v) is 4.49. The fraction of sp³-hybridized carbons (Fsp3) is 0.600. The smallest absolute Gasteiger partial charge is 0.315 e. The summed E-state index contributed by atoms with van der Waals surface area (Å²) in [5.74, 6) is 0. The number of carbonyl (C=O) groups is 1. The molecule has 1 saturated heterocycles. The second-order valence-electron chi connectivity index (χ2n) is 5.84. The number of hydrogen-bond donors (Lipinski definition) is 3. The van der Waals surface area contributed by atoms with Gasteiger partial charge in [0.15, 0.2) is 0 Å². The van der Waals surface area contributed by atoms with Crippen molar-refractivity contribution in [3.63, 3.8) is 0 Å². The van der Waals surface area contributed by atoms with E-state index in [1.54, 1.807) is 6.20 Å². The maximum atomic E-state index is 11.9. The highest BCUT2D eigenvalue weighted by Gasteiger charge is 2.54. The maximum absolute atomic E-state index is 11.9. The van der Waals surface area contributed by atoms with Gasteiger partial charge in [-0.25, -0.2) is 4.79 Å². The van der Waals surface area contributed by atoms with Gasteiger partial charge in [0.25, 0.3) is 0 Å². The largest absolute Gasteiger partial charge is 0.338 e. The van der Waals surface area contributed by atoms with Crippen molar-refractivity contribution in [2.24, 2.45) is 5.41 Å². The lowest BCUT2D eigenvalue weighted by molar-refractivity contribution is 0.236. The normalized spacial score (nSPS) is 23.3. The van der Waals surface area contributed by atoms with E-state index in [0.717, 1.165) is 31.6 Å². The van der Waals surface area contributed by atoms with Crippen molar-refractivity contribution in [3.8, 4) is 0 Å². The quantitative estimate of drug-likeness (QED) is 0.769. The Morgan fingerprint density at radius 1 is 1.40 bits per heavy atom. The number of aromatic nitrogens is 1. The second kappa shape index (κ2) is 5.79. The fourth-order valence-corrected chi connectivity index (χ4v) is 3.09. The Kier molecular flexibility index (Phi) is 3.87. The molecule has 2 fully saturated rings. The number of carbonyl (C=O) groups excluding carboxylic acids is 1. The topological polar surface area (TPSA) is 66.0 Å². The second-order valence-corrected chi connectivity index (χ2v) is 5.84. The van der Waals surface area contributed by atoms with Crippen LogP contribution in [0.15, 0.2) is 24.4 Å². The summed E-state index contributed by atoms with van der Waals surface area (Å²) in [5.41, 5.74) is 1.40. The molecule has 1 aromatic heterocycles. The van der Waals surface area contributed by atoms with Crippen molar-refractivity contribution in [1.82, 2.24) is 20.9 Å². The van der Waals surface area contributed by atoms with Gasteiger partial charge < -0.3 is 16.0 Å². The van der Waals surface area contributed by atoms with Crippen LogP contribution < -0.4 is 16.0 Å². The molecular formula is C15H22N4O. The third kappa shape index (κ3) is 3.10. The Labute approximate surface area is 119 Å². The lowest BCUT2D eigenvalue weighted by atomic mass is 9.94. The molecule has 1 aromatic rings. The molecule has 2 amide bonds. The lowest BCUT2D eigenvalue weighted by Crippen LogP contribution is -2.41. The van der Waals surface area contributed by atoms with Gasteiger partial charge in [0, 0.05) is 30.9 Å². The van der Waals surface area contributed by atoms with Crippen molar-refractivity contribution in [3.05, 3.63) is 30.1 Å². The Morgan fingerprint density at radius 2 is 2.25 bits per heavy atom. The minimum absolute atomic E-state index is 0.0404. The highest BCUT2D eigenvalue weighted by molar-refractivity contribution is 5.74. The third-order valence-electron chi connectivity index (χ3n) is 4.49. The summed E-state index contributed by atoms with van der Waals surface area (Å²) < 4.78 is 0. The van der Waals surface area contributed by atoms with E-state index in [2.05, 4.69) is 20.9 Å². The molecule has 2 heterocycles. The van der Waals surface area contributed by atoms with Gasteiger partial charge in [0.1, 0.15) is 0 Å². The molecule has 0 bridgehead atoms. The van der Waals surface area contributed by atoms with E-state index in [1.165, 1.54) is 12.8 Å². The zero-order chi connectivity index (χ0) is 13.8. The lowest BCUT2D eigenvalue weighted by Gasteiger charge is -2.23. The van der Waals surface area contributed by atoms with Crippen LogP contribution in [-0.4, -0.2) is 36.7 Å². The van der Waals surface area contributed by atoms with E-state index >= 15 is 0 Å². The predicted octanol–water partition coefficient (Wildman–Crippen LogP) is 1.07. The molecule has 1 aliphatic heterocycles. The van der Waals surface area contributed by atoms with Gasteiger partial charge in [-0.15, -0.1) is 0 Å². The van der Waals surface area contributed by atoms with Gasteiger partial charge in [-0.05, 0) is 49.9 Å². The SMILES string of the molecule is O=C(NCCc1ccccn1)NC1CC12CCNCC2. The molecule has 1 spiro atoms. The minimum atomic E-state index is -0.0404. The number of hydrogen-bond acceptors (Lipinski definition) is 3. The van der Waals surface area contributed by atoms with Crippen LogP contribution in [0.1, 0.15) is 25.0 Å². The maximum Gasteiger partial charge on any atom is 0.315 e. The Bertz CT molecular complexity index is 456. The van der Waals surface area contributed by atoms with Crippen molar-refractivity contribution in [2.45, 2.75) is 31.7 Å². The molecule has 1 unspecified atom stereocenters. The summed E-state index contributed by atoms with van der Waals surface area (Å²) in [4.78, 5) is 16.1. The molecule has 108 valence electrons. The number of piperidine rings is 1. The number of nitrogens with zero attached hydrogens (tertiary/aromatic N) is 1. The molecule has 0 aromatic carbocycles. The fourth-order valence-electron chi connectivity index (χ4n) is 3.09. The Morgan fingerprint density at radius 3 is 3.00 bits per heavy atom. The number of urea groups is 1. The number of pyridine rings is 1. The van der Waals surface area contributed by atoms with Crippen molar-refractivity contribution >= 4 is 6.03 Å². The number of rotatable bonds is 4. The molecule has 3 N–H and O–H groups in total. The van der Waals surface area contributed by atoms with E-state index in [9.17, 15) is 4.79 Å². The van der Waals surface area contributed by atoms with Crippen LogP contribution in [0.25, 0.3) is 0 Å². The number of amides is 2. The van der Waals surface area contributed by atoms with Gasteiger partial charge in [-0.1, -0.05) is 6.07 Å². The standard InChI is InChI=1S/C15H22N4O/c20-14(18-8-4-12-3-1-2-7-17-12)19-13-11-15(13)5-9-16-10-6-15/h1-3,7,13,16H,4-6,8-11H2,(H2,18,19,20). The summed E-state index contributed by atoms with van der Waals surface area (Å²) in [6.07, 6.45) is 6.06. The average molecular weight is 274 g/mol. The average Bonchev–Trinajstić information content (AvgIpc) is 3.12. The molecule has 3 rings (SSSR count). The van der Waals surface area contributed by atoms with Crippen molar-refractivity contribution in [1.29, 1.82) is 0 Å². The first-order valence-electron chi connectivity index (χ1n) is 7.44. The van der Waals surface area contributed by atoms with Crippen LogP contribution in [0, 0.1) is 5.41 Å².